The molecule has 8 aliphatic carbocycles. The Hall–Kier alpha value is -1.10. The Labute approximate surface area is 179 Å². The smallest absolute Gasteiger partial charge is 0.312 e. The molecule has 5 heteroatoms. The van der Waals surface area contributed by atoms with E-state index in [2.05, 4.69) is 12.2 Å². The fraction of sp³-hybridized carbons (Fsp3) is 0.920. The van der Waals surface area contributed by atoms with E-state index in [9.17, 15) is 14.7 Å². The monoisotopic (exact) mass is 415 g/mol. The largest absolute Gasteiger partial charge is 0.455 e. The summed E-state index contributed by atoms with van der Waals surface area (Å²) < 4.78 is 5.59. The maximum absolute atomic E-state index is 13.0. The second-order valence-electron chi connectivity index (χ2n) is 12.6. The van der Waals surface area contributed by atoms with E-state index < -0.39 is 11.0 Å². The Bertz CT molecular complexity index is 711. The number of ether oxygens (including phenoxy) is 1. The van der Waals surface area contributed by atoms with Gasteiger partial charge in [0.1, 0.15) is 0 Å². The summed E-state index contributed by atoms with van der Waals surface area (Å²) in [4.78, 5) is 25.7. The summed E-state index contributed by atoms with van der Waals surface area (Å²) in [5.41, 5.74) is -0.972. The predicted molar refractivity (Wildman–Crippen MR) is 111 cm³/mol. The second kappa shape index (κ2) is 6.46. The van der Waals surface area contributed by atoms with Crippen LogP contribution in [0, 0.1) is 40.4 Å². The molecule has 0 unspecified atom stereocenters. The lowest BCUT2D eigenvalue weighted by atomic mass is 9.48. The van der Waals surface area contributed by atoms with Crippen LogP contribution in [0.5, 0.6) is 0 Å². The maximum atomic E-state index is 13.0. The first-order valence-electron chi connectivity index (χ1n) is 12.4. The van der Waals surface area contributed by atoms with Gasteiger partial charge in [-0.25, -0.2) is 0 Å². The first-order valence-corrected chi connectivity index (χ1v) is 12.4. The van der Waals surface area contributed by atoms with Gasteiger partial charge >= 0.3 is 5.97 Å². The molecule has 0 aromatic heterocycles. The molecular formula is C25H37NO4. The summed E-state index contributed by atoms with van der Waals surface area (Å²) in [6.07, 6.45) is 12.9. The number of carbonyl (C=O) groups is 2. The van der Waals surface area contributed by atoms with Gasteiger partial charge in [-0.3, -0.25) is 9.59 Å². The number of hydrogen-bond acceptors (Lipinski definition) is 4. The minimum Gasteiger partial charge on any atom is -0.455 e. The molecule has 30 heavy (non-hydrogen) atoms. The molecule has 8 rings (SSSR count). The highest BCUT2D eigenvalue weighted by molar-refractivity contribution is 5.83. The van der Waals surface area contributed by atoms with Crippen LogP contribution in [0.3, 0.4) is 0 Å². The lowest BCUT2D eigenvalue weighted by Crippen LogP contribution is -2.59. The van der Waals surface area contributed by atoms with Gasteiger partial charge < -0.3 is 15.2 Å². The molecule has 0 saturated heterocycles. The molecular weight excluding hydrogens is 378 g/mol. The van der Waals surface area contributed by atoms with Crippen LogP contribution < -0.4 is 5.32 Å². The van der Waals surface area contributed by atoms with Gasteiger partial charge in [-0.2, -0.15) is 0 Å². The van der Waals surface area contributed by atoms with E-state index in [4.69, 9.17) is 4.74 Å². The molecule has 8 fully saturated rings. The van der Waals surface area contributed by atoms with Crippen LogP contribution in [0.1, 0.15) is 84.0 Å². The van der Waals surface area contributed by atoms with Gasteiger partial charge in [0.15, 0.2) is 6.61 Å². The van der Waals surface area contributed by atoms with E-state index in [0.29, 0.717) is 18.3 Å². The van der Waals surface area contributed by atoms with Crippen LogP contribution in [0.2, 0.25) is 0 Å². The molecule has 1 amide bonds. The molecule has 0 aliphatic heterocycles. The Morgan fingerprint density at radius 1 is 0.900 bits per heavy atom. The van der Waals surface area contributed by atoms with Crippen molar-refractivity contribution in [2.45, 2.75) is 95.6 Å². The third kappa shape index (κ3) is 3.05. The molecule has 0 aromatic rings. The van der Waals surface area contributed by atoms with Crippen molar-refractivity contribution in [1.82, 2.24) is 5.32 Å². The summed E-state index contributed by atoms with van der Waals surface area (Å²) in [5.74, 6) is 3.05. The number of hydrogen-bond donors (Lipinski definition) is 2. The van der Waals surface area contributed by atoms with Crippen LogP contribution in [0.25, 0.3) is 0 Å². The van der Waals surface area contributed by atoms with Crippen molar-refractivity contribution in [2.24, 2.45) is 40.4 Å². The third-order valence-corrected chi connectivity index (χ3v) is 10.2. The van der Waals surface area contributed by atoms with Crippen molar-refractivity contribution >= 4 is 11.9 Å². The molecule has 0 spiro atoms. The van der Waals surface area contributed by atoms with Gasteiger partial charge in [-0.15, -0.1) is 0 Å². The third-order valence-electron chi connectivity index (χ3n) is 10.2. The maximum Gasteiger partial charge on any atom is 0.312 e. The SMILES string of the molecule is C[C@@H](NC(=O)COC(=O)C12C[C@@H]3C[C@H](CC(O)(C3)C1)C2)C12CC3CC(CC(C3)C1)C2. The molecule has 0 heterocycles. The number of rotatable bonds is 5. The van der Waals surface area contributed by atoms with Crippen LogP contribution in [-0.2, 0) is 14.3 Å². The first kappa shape index (κ1) is 19.6. The van der Waals surface area contributed by atoms with Crippen molar-refractivity contribution in [2.75, 3.05) is 6.61 Å². The molecule has 8 bridgehead atoms. The molecule has 166 valence electrons. The summed E-state index contributed by atoms with van der Waals surface area (Å²) in [7, 11) is 0. The van der Waals surface area contributed by atoms with Crippen molar-refractivity contribution in [3.63, 3.8) is 0 Å². The minimum atomic E-state index is -0.682. The molecule has 5 nitrogen and oxygen atoms in total. The summed E-state index contributed by atoms with van der Waals surface area (Å²) in [5, 5.41) is 14.1. The number of amides is 1. The Morgan fingerprint density at radius 2 is 1.43 bits per heavy atom. The Kier molecular flexibility index (Phi) is 4.22. The topological polar surface area (TPSA) is 75.6 Å². The van der Waals surface area contributed by atoms with E-state index in [-0.39, 0.29) is 29.9 Å². The van der Waals surface area contributed by atoms with Crippen molar-refractivity contribution in [1.29, 1.82) is 0 Å². The summed E-state index contributed by atoms with van der Waals surface area (Å²) in [6.45, 7) is 1.99. The zero-order valence-corrected chi connectivity index (χ0v) is 18.3. The van der Waals surface area contributed by atoms with Gasteiger partial charge in [0.2, 0.25) is 0 Å². The average Bonchev–Trinajstić information content (AvgIpc) is 2.63. The average molecular weight is 416 g/mol. The van der Waals surface area contributed by atoms with Crippen molar-refractivity contribution in [3.05, 3.63) is 0 Å². The van der Waals surface area contributed by atoms with Gasteiger partial charge in [0.25, 0.3) is 5.91 Å². The van der Waals surface area contributed by atoms with Crippen LogP contribution in [-0.4, -0.2) is 35.2 Å². The molecule has 0 aromatic carbocycles. The lowest BCUT2D eigenvalue weighted by molar-refractivity contribution is -0.196. The highest BCUT2D eigenvalue weighted by atomic mass is 16.5. The van der Waals surface area contributed by atoms with Gasteiger partial charge in [-0.1, -0.05) is 0 Å². The number of esters is 1. The summed E-state index contributed by atoms with van der Waals surface area (Å²) >= 11 is 0. The standard InChI is InChI=1S/C25H37NO4/c1-15(23-6-16-2-17(7-23)4-18(3-16)8-23)26-21(27)13-30-22(28)24-9-19-5-20(10-24)12-25(29,11-19)14-24/h15-20,29H,2-14H2,1H3,(H,26,27)/t15-,16?,17?,18?,19+,20+,23?,24?,25?/m1/s1. The van der Waals surface area contributed by atoms with E-state index in [1.807, 2.05) is 0 Å². The molecule has 0 radical (unpaired) electrons. The van der Waals surface area contributed by atoms with Crippen molar-refractivity contribution in [3.8, 4) is 0 Å². The lowest BCUT2D eigenvalue weighted by Gasteiger charge is -2.59. The fourth-order valence-corrected chi connectivity index (χ4v) is 9.88. The Balaban J connectivity index is 1.06. The van der Waals surface area contributed by atoms with Gasteiger partial charge in [0.05, 0.1) is 11.0 Å². The highest BCUT2D eigenvalue weighted by Crippen LogP contribution is 2.62. The minimum absolute atomic E-state index is 0.150. The second-order valence-corrected chi connectivity index (χ2v) is 12.6. The predicted octanol–water partition coefficient (Wildman–Crippen LogP) is 3.58. The zero-order chi connectivity index (χ0) is 20.7. The van der Waals surface area contributed by atoms with E-state index in [1.165, 1.54) is 38.5 Å². The van der Waals surface area contributed by atoms with Gasteiger partial charge in [0, 0.05) is 6.04 Å². The quantitative estimate of drug-likeness (QED) is 0.673. The number of nitrogens with one attached hydrogen (secondary N) is 1. The number of carbonyl (C=O) groups excluding carboxylic acids is 2. The van der Waals surface area contributed by atoms with E-state index in [1.54, 1.807) is 0 Å². The normalized spacial score (nSPS) is 51.1. The van der Waals surface area contributed by atoms with Crippen molar-refractivity contribution < 1.29 is 19.4 Å². The zero-order valence-electron chi connectivity index (χ0n) is 18.3. The van der Waals surface area contributed by atoms with E-state index >= 15 is 0 Å². The molecule has 8 saturated carbocycles. The highest BCUT2D eigenvalue weighted by Gasteiger charge is 2.61. The van der Waals surface area contributed by atoms with E-state index in [0.717, 1.165) is 49.9 Å². The Morgan fingerprint density at radius 3 is 1.97 bits per heavy atom. The first-order chi connectivity index (χ1) is 14.2. The molecule has 2 N–H and O–H groups in total. The molecule has 3 atom stereocenters. The fourth-order valence-electron chi connectivity index (χ4n) is 9.88. The van der Waals surface area contributed by atoms with Crippen LogP contribution in [0.15, 0.2) is 0 Å². The summed E-state index contributed by atoms with van der Waals surface area (Å²) in [6, 6.07) is 0.150. The van der Waals surface area contributed by atoms with Crippen LogP contribution >= 0.6 is 0 Å². The van der Waals surface area contributed by atoms with Gasteiger partial charge in [-0.05, 0) is 119 Å². The molecule has 8 aliphatic rings. The van der Waals surface area contributed by atoms with Crippen LogP contribution in [0.4, 0.5) is 0 Å². The number of aliphatic hydroxyl groups is 1.